The Balaban J connectivity index is 1.11. The SMILES string of the molecule is N#Cc1ccc(N2C3CC2CN(C(=O)CCNCc2cccc4ncsc24)C3)nc1. The topological polar surface area (TPSA) is 85.2 Å². The molecule has 5 heterocycles. The summed E-state index contributed by atoms with van der Waals surface area (Å²) >= 11 is 1.65. The molecule has 1 amide bonds. The first-order valence-corrected chi connectivity index (χ1v) is 11.0. The quantitative estimate of drug-likeness (QED) is 0.619. The molecule has 7 nitrogen and oxygen atoms in total. The molecular formula is C22H22N6OS. The van der Waals surface area contributed by atoms with Crippen LogP contribution in [0.15, 0.2) is 42.0 Å². The zero-order valence-electron chi connectivity index (χ0n) is 16.5. The van der Waals surface area contributed by atoms with E-state index in [-0.39, 0.29) is 5.91 Å². The van der Waals surface area contributed by atoms with Crippen molar-refractivity contribution in [3.8, 4) is 6.07 Å². The lowest BCUT2D eigenvalue weighted by Gasteiger charge is -2.57. The number of anilines is 1. The van der Waals surface area contributed by atoms with Gasteiger partial charge in [-0.2, -0.15) is 5.26 Å². The van der Waals surface area contributed by atoms with Gasteiger partial charge in [0.05, 0.1) is 33.4 Å². The van der Waals surface area contributed by atoms with E-state index in [2.05, 4.69) is 32.3 Å². The molecule has 152 valence electrons. The van der Waals surface area contributed by atoms with Gasteiger partial charge in [0.15, 0.2) is 0 Å². The summed E-state index contributed by atoms with van der Waals surface area (Å²) in [6.45, 7) is 2.91. The largest absolute Gasteiger partial charge is 0.347 e. The van der Waals surface area contributed by atoms with Crippen molar-refractivity contribution in [1.29, 1.82) is 5.26 Å². The van der Waals surface area contributed by atoms with Crippen molar-refractivity contribution in [3.05, 3.63) is 53.2 Å². The molecule has 3 fully saturated rings. The standard InChI is InChI=1S/C22H22N6OS/c23-9-15-4-5-20(25-10-15)28-17-8-18(28)13-27(12-17)21(29)6-7-24-11-16-2-1-3-19-22(16)30-14-26-19/h1-5,10,14,17-18,24H,6-8,11-13H2. The van der Waals surface area contributed by atoms with Gasteiger partial charge in [0.25, 0.3) is 0 Å². The third-order valence-electron chi connectivity index (χ3n) is 5.96. The van der Waals surface area contributed by atoms with Crippen LogP contribution in [0, 0.1) is 11.3 Å². The van der Waals surface area contributed by atoms with Crippen LogP contribution >= 0.6 is 11.3 Å². The predicted molar refractivity (Wildman–Crippen MR) is 116 cm³/mol. The maximum absolute atomic E-state index is 12.7. The molecule has 3 aliphatic rings. The van der Waals surface area contributed by atoms with Crippen LogP contribution in [0.1, 0.15) is 24.0 Å². The molecule has 0 radical (unpaired) electrons. The smallest absolute Gasteiger partial charge is 0.223 e. The van der Waals surface area contributed by atoms with Crippen LogP contribution in [-0.2, 0) is 11.3 Å². The molecule has 3 aromatic rings. The van der Waals surface area contributed by atoms with Crippen molar-refractivity contribution < 1.29 is 4.79 Å². The number of hydrogen-bond acceptors (Lipinski definition) is 7. The number of pyridine rings is 1. The summed E-state index contributed by atoms with van der Waals surface area (Å²) in [4.78, 5) is 25.7. The maximum atomic E-state index is 12.7. The van der Waals surface area contributed by atoms with Crippen molar-refractivity contribution in [1.82, 2.24) is 20.2 Å². The van der Waals surface area contributed by atoms with E-state index in [1.54, 1.807) is 23.6 Å². The van der Waals surface area contributed by atoms with Crippen molar-refractivity contribution in [3.63, 3.8) is 0 Å². The highest BCUT2D eigenvalue weighted by Crippen LogP contribution is 2.36. The van der Waals surface area contributed by atoms with Gasteiger partial charge in [-0.15, -0.1) is 11.3 Å². The lowest BCUT2D eigenvalue weighted by atomic mass is 9.87. The Morgan fingerprint density at radius 1 is 1.23 bits per heavy atom. The molecule has 6 rings (SSSR count). The summed E-state index contributed by atoms with van der Waals surface area (Å²) < 4.78 is 1.21. The Morgan fingerprint density at radius 3 is 2.87 bits per heavy atom. The Bertz CT molecular complexity index is 1090. The van der Waals surface area contributed by atoms with Crippen molar-refractivity contribution >= 4 is 33.3 Å². The number of nitrogens with zero attached hydrogens (tertiary/aromatic N) is 5. The van der Waals surface area contributed by atoms with E-state index in [1.165, 1.54) is 10.3 Å². The van der Waals surface area contributed by atoms with E-state index in [0.717, 1.165) is 37.4 Å². The monoisotopic (exact) mass is 418 g/mol. The molecule has 2 atom stereocenters. The second kappa shape index (κ2) is 8.01. The summed E-state index contributed by atoms with van der Waals surface area (Å²) in [7, 11) is 0. The lowest BCUT2D eigenvalue weighted by molar-refractivity contribution is -0.134. The number of carbonyl (C=O) groups is 1. The van der Waals surface area contributed by atoms with E-state index >= 15 is 0 Å². The summed E-state index contributed by atoms with van der Waals surface area (Å²) in [6.07, 6.45) is 3.22. The van der Waals surface area contributed by atoms with Crippen LogP contribution in [-0.4, -0.2) is 52.5 Å². The van der Waals surface area contributed by atoms with Crippen LogP contribution in [0.4, 0.5) is 5.82 Å². The first-order chi connectivity index (χ1) is 14.7. The highest BCUT2D eigenvalue weighted by atomic mass is 32.1. The Labute approximate surface area is 179 Å². The third-order valence-corrected chi connectivity index (χ3v) is 6.87. The van der Waals surface area contributed by atoms with Gasteiger partial charge in [-0.1, -0.05) is 12.1 Å². The fourth-order valence-electron chi connectivity index (χ4n) is 4.45. The highest BCUT2D eigenvalue weighted by Gasteiger charge is 2.46. The molecule has 0 saturated carbocycles. The Hall–Kier alpha value is -3.02. The minimum absolute atomic E-state index is 0.209. The molecule has 2 bridgehead atoms. The number of rotatable bonds is 6. The molecule has 1 N–H and O–H groups in total. The number of amides is 1. The second-order valence-electron chi connectivity index (χ2n) is 7.81. The highest BCUT2D eigenvalue weighted by molar-refractivity contribution is 7.16. The predicted octanol–water partition coefficient (Wildman–Crippen LogP) is 2.53. The third kappa shape index (κ3) is 3.51. The van der Waals surface area contributed by atoms with Crippen molar-refractivity contribution in [2.75, 3.05) is 24.5 Å². The molecule has 2 aromatic heterocycles. The number of nitriles is 1. The van der Waals surface area contributed by atoms with Crippen LogP contribution in [0.3, 0.4) is 0 Å². The minimum atomic E-state index is 0.209. The molecular weight excluding hydrogens is 396 g/mol. The zero-order chi connectivity index (χ0) is 20.5. The average Bonchev–Trinajstić information content (AvgIpc) is 3.27. The number of carbonyl (C=O) groups excluding carboxylic acids is 1. The maximum Gasteiger partial charge on any atom is 0.223 e. The van der Waals surface area contributed by atoms with E-state index < -0.39 is 0 Å². The summed E-state index contributed by atoms with van der Waals surface area (Å²) in [5.41, 5.74) is 4.70. The van der Waals surface area contributed by atoms with Gasteiger partial charge in [0, 0.05) is 38.8 Å². The molecule has 3 saturated heterocycles. The van der Waals surface area contributed by atoms with Gasteiger partial charge >= 0.3 is 0 Å². The van der Waals surface area contributed by atoms with E-state index in [0.29, 0.717) is 30.6 Å². The number of thiazole rings is 1. The second-order valence-corrected chi connectivity index (χ2v) is 8.67. The lowest BCUT2D eigenvalue weighted by Crippen LogP contribution is -2.70. The summed E-state index contributed by atoms with van der Waals surface area (Å²) in [5.74, 6) is 1.11. The molecule has 0 aliphatic carbocycles. The number of piperidine rings is 1. The molecule has 3 aliphatic heterocycles. The number of aromatic nitrogens is 2. The normalized spacial score (nSPS) is 20.1. The zero-order valence-corrected chi connectivity index (χ0v) is 17.3. The van der Waals surface area contributed by atoms with Gasteiger partial charge in [-0.25, -0.2) is 9.97 Å². The average molecular weight is 419 g/mol. The first-order valence-electron chi connectivity index (χ1n) is 10.2. The van der Waals surface area contributed by atoms with Crippen molar-refractivity contribution in [2.45, 2.75) is 31.5 Å². The fourth-order valence-corrected chi connectivity index (χ4v) is 5.26. The van der Waals surface area contributed by atoms with Crippen LogP contribution in [0.2, 0.25) is 0 Å². The number of hydrogen-bond donors (Lipinski definition) is 1. The van der Waals surface area contributed by atoms with E-state index in [4.69, 9.17) is 5.26 Å². The molecule has 2 unspecified atom stereocenters. The van der Waals surface area contributed by atoms with Gasteiger partial charge in [0.2, 0.25) is 5.91 Å². The van der Waals surface area contributed by atoms with Gasteiger partial charge < -0.3 is 15.1 Å². The fraction of sp³-hybridized carbons (Fsp3) is 0.364. The van der Waals surface area contributed by atoms with Crippen molar-refractivity contribution in [2.24, 2.45) is 0 Å². The van der Waals surface area contributed by atoms with Crippen LogP contribution in [0.25, 0.3) is 10.2 Å². The number of benzene rings is 1. The van der Waals surface area contributed by atoms with Gasteiger partial charge in [0.1, 0.15) is 11.9 Å². The minimum Gasteiger partial charge on any atom is -0.347 e. The van der Waals surface area contributed by atoms with E-state index in [1.807, 2.05) is 28.6 Å². The van der Waals surface area contributed by atoms with Crippen LogP contribution < -0.4 is 10.2 Å². The van der Waals surface area contributed by atoms with Gasteiger partial charge in [-0.05, 0) is 30.2 Å². The Kier molecular flexibility index (Phi) is 5.07. The number of nitrogens with one attached hydrogen (secondary N) is 1. The number of fused-ring (bicyclic) bond motifs is 3. The van der Waals surface area contributed by atoms with E-state index in [9.17, 15) is 4.79 Å². The number of piperazine rings is 1. The molecule has 0 spiro atoms. The van der Waals surface area contributed by atoms with Crippen LogP contribution in [0.5, 0.6) is 0 Å². The van der Waals surface area contributed by atoms with Gasteiger partial charge in [-0.3, -0.25) is 4.79 Å². The summed E-state index contributed by atoms with van der Waals surface area (Å²) in [5, 5.41) is 12.3. The Morgan fingerprint density at radius 2 is 2.10 bits per heavy atom. The summed E-state index contributed by atoms with van der Waals surface area (Å²) in [6, 6.07) is 12.6. The molecule has 8 heteroatoms. The first kappa shape index (κ1) is 19.0. The molecule has 30 heavy (non-hydrogen) atoms. The molecule has 1 aromatic carbocycles.